The van der Waals surface area contributed by atoms with Gasteiger partial charge in [-0.2, -0.15) is 0 Å². The molecule has 6 heteroatoms. The molecule has 0 spiro atoms. The molecule has 1 amide bonds. The molecule has 2 heterocycles. The lowest BCUT2D eigenvalue weighted by Gasteiger charge is -2.06. The zero-order valence-corrected chi connectivity index (χ0v) is 11.4. The number of aryl methyl sites for hydroxylation is 1. The second-order valence-corrected chi connectivity index (χ2v) is 4.66. The lowest BCUT2D eigenvalue weighted by atomic mass is 10.2. The maximum absolute atomic E-state index is 12.8. The van der Waals surface area contributed by atoms with Gasteiger partial charge in [-0.1, -0.05) is 12.1 Å². The molecule has 0 aliphatic rings. The number of aromatic nitrogens is 3. The van der Waals surface area contributed by atoms with Gasteiger partial charge >= 0.3 is 0 Å². The number of nitrogens with one attached hydrogen (secondary N) is 1. The van der Waals surface area contributed by atoms with E-state index < -0.39 is 0 Å². The largest absolute Gasteiger partial charge is 0.347 e. The molecule has 0 saturated carbocycles. The molecule has 0 aliphatic carbocycles. The van der Waals surface area contributed by atoms with Crippen molar-refractivity contribution in [1.29, 1.82) is 0 Å². The van der Waals surface area contributed by atoms with Crippen molar-refractivity contribution in [2.24, 2.45) is 0 Å². The molecule has 0 unspecified atom stereocenters. The van der Waals surface area contributed by atoms with Gasteiger partial charge in [-0.15, -0.1) is 0 Å². The normalized spacial score (nSPS) is 10.8. The fourth-order valence-corrected chi connectivity index (χ4v) is 2.17. The number of imidazole rings is 1. The molecule has 21 heavy (non-hydrogen) atoms. The van der Waals surface area contributed by atoms with E-state index in [4.69, 9.17) is 0 Å². The van der Waals surface area contributed by atoms with Crippen LogP contribution in [0.4, 0.5) is 4.39 Å². The van der Waals surface area contributed by atoms with Crippen LogP contribution in [0.15, 0.2) is 42.9 Å². The maximum atomic E-state index is 12.8. The summed E-state index contributed by atoms with van der Waals surface area (Å²) in [6, 6.07) is 6.01. The lowest BCUT2D eigenvalue weighted by Crippen LogP contribution is -2.25. The summed E-state index contributed by atoms with van der Waals surface area (Å²) >= 11 is 0. The van der Waals surface area contributed by atoms with Gasteiger partial charge in [-0.05, 0) is 24.6 Å². The van der Waals surface area contributed by atoms with Crippen molar-refractivity contribution >= 4 is 11.6 Å². The highest BCUT2D eigenvalue weighted by Crippen LogP contribution is 2.11. The molecule has 1 N–H and O–H groups in total. The van der Waals surface area contributed by atoms with Gasteiger partial charge in [-0.25, -0.2) is 9.37 Å². The average molecular weight is 284 g/mol. The number of carbonyl (C=O) groups excluding carboxylic acids is 1. The standard InChI is InChI=1S/C15H13FN4O/c1-10-14(20-7-6-17-9-13(20)19-10)15(21)18-8-11-2-4-12(16)5-3-11/h2-7,9H,8H2,1H3,(H,18,21). The van der Waals surface area contributed by atoms with Gasteiger partial charge in [0.15, 0.2) is 5.65 Å². The van der Waals surface area contributed by atoms with Gasteiger partial charge in [-0.3, -0.25) is 14.2 Å². The Hall–Kier alpha value is -2.76. The highest BCUT2D eigenvalue weighted by atomic mass is 19.1. The van der Waals surface area contributed by atoms with E-state index in [1.54, 1.807) is 42.0 Å². The molecule has 5 nitrogen and oxygen atoms in total. The van der Waals surface area contributed by atoms with Crippen LogP contribution in [0.5, 0.6) is 0 Å². The van der Waals surface area contributed by atoms with Crippen LogP contribution in [0, 0.1) is 12.7 Å². The first-order valence-electron chi connectivity index (χ1n) is 6.46. The Morgan fingerprint density at radius 1 is 1.33 bits per heavy atom. The van der Waals surface area contributed by atoms with Crippen molar-refractivity contribution in [3.63, 3.8) is 0 Å². The quantitative estimate of drug-likeness (QED) is 0.801. The number of carbonyl (C=O) groups is 1. The maximum Gasteiger partial charge on any atom is 0.270 e. The van der Waals surface area contributed by atoms with E-state index in [-0.39, 0.29) is 11.7 Å². The number of benzene rings is 1. The van der Waals surface area contributed by atoms with Crippen LogP contribution in [0.2, 0.25) is 0 Å². The van der Waals surface area contributed by atoms with Crippen LogP contribution < -0.4 is 5.32 Å². The highest BCUT2D eigenvalue weighted by Gasteiger charge is 2.16. The van der Waals surface area contributed by atoms with E-state index in [1.165, 1.54) is 12.1 Å². The number of nitrogens with zero attached hydrogens (tertiary/aromatic N) is 3. The van der Waals surface area contributed by atoms with Crippen LogP contribution in [0.25, 0.3) is 5.65 Å². The topological polar surface area (TPSA) is 59.3 Å². The Bertz CT molecular complexity index is 795. The zero-order chi connectivity index (χ0) is 14.8. The van der Waals surface area contributed by atoms with Gasteiger partial charge < -0.3 is 5.32 Å². The molecule has 0 aliphatic heterocycles. The molecule has 0 bridgehead atoms. The van der Waals surface area contributed by atoms with Crippen LogP contribution in [0.1, 0.15) is 21.7 Å². The predicted molar refractivity (Wildman–Crippen MR) is 75.3 cm³/mol. The minimum absolute atomic E-state index is 0.226. The second kappa shape index (κ2) is 5.32. The fourth-order valence-electron chi connectivity index (χ4n) is 2.17. The Morgan fingerprint density at radius 2 is 2.10 bits per heavy atom. The van der Waals surface area contributed by atoms with Gasteiger partial charge in [0.25, 0.3) is 5.91 Å². The van der Waals surface area contributed by atoms with E-state index in [2.05, 4.69) is 15.3 Å². The SMILES string of the molecule is Cc1nc2cnccn2c1C(=O)NCc1ccc(F)cc1. The molecule has 0 saturated heterocycles. The van der Waals surface area contributed by atoms with E-state index in [1.807, 2.05) is 0 Å². The first-order valence-corrected chi connectivity index (χ1v) is 6.46. The van der Waals surface area contributed by atoms with Crippen molar-refractivity contribution in [2.75, 3.05) is 0 Å². The van der Waals surface area contributed by atoms with Crippen molar-refractivity contribution in [2.45, 2.75) is 13.5 Å². The first kappa shape index (κ1) is 13.2. The third kappa shape index (κ3) is 2.60. The van der Waals surface area contributed by atoms with E-state index in [9.17, 15) is 9.18 Å². The van der Waals surface area contributed by atoms with Crippen LogP contribution in [0.3, 0.4) is 0 Å². The fraction of sp³-hybridized carbons (Fsp3) is 0.133. The van der Waals surface area contributed by atoms with E-state index in [0.29, 0.717) is 23.6 Å². The van der Waals surface area contributed by atoms with Gasteiger partial charge in [0, 0.05) is 18.9 Å². The van der Waals surface area contributed by atoms with Gasteiger partial charge in [0.1, 0.15) is 11.5 Å². The zero-order valence-electron chi connectivity index (χ0n) is 11.4. The predicted octanol–water partition coefficient (Wildman–Crippen LogP) is 2.11. The van der Waals surface area contributed by atoms with Crippen molar-refractivity contribution in [3.05, 3.63) is 65.6 Å². The van der Waals surface area contributed by atoms with Crippen molar-refractivity contribution in [1.82, 2.24) is 19.7 Å². The highest BCUT2D eigenvalue weighted by molar-refractivity contribution is 5.94. The number of halogens is 1. The third-order valence-corrected chi connectivity index (χ3v) is 3.19. The van der Waals surface area contributed by atoms with E-state index in [0.717, 1.165) is 5.56 Å². The Morgan fingerprint density at radius 3 is 2.86 bits per heavy atom. The van der Waals surface area contributed by atoms with Crippen LogP contribution in [-0.2, 0) is 6.54 Å². The Labute approximate surface area is 120 Å². The van der Waals surface area contributed by atoms with Crippen LogP contribution >= 0.6 is 0 Å². The Balaban J connectivity index is 1.81. The van der Waals surface area contributed by atoms with Crippen molar-refractivity contribution in [3.8, 4) is 0 Å². The Kier molecular flexibility index (Phi) is 3.35. The number of fused-ring (bicyclic) bond motifs is 1. The molecule has 3 rings (SSSR count). The summed E-state index contributed by atoms with van der Waals surface area (Å²) in [5.74, 6) is -0.522. The summed E-state index contributed by atoms with van der Waals surface area (Å²) in [4.78, 5) is 20.6. The lowest BCUT2D eigenvalue weighted by molar-refractivity contribution is 0.0944. The van der Waals surface area contributed by atoms with Crippen molar-refractivity contribution < 1.29 is 9.18 Å². The number of hydrogen-bond donors (Lipinski definition) is 1. The molecule has 0 atom stereocenters. The van der Waals surface area contributed by atoms with Gasteiger partial charge in [0.05, 0.1) is 11.9 Å². The number of amides is 1. The molecule has 0 radical (unpaired) electrons. The monoisotopic (exact) mass is 284 g/mol. The third-order valence-electron chi connectivity index (χ3n) is 3.19. The summed E-state index contributed by atoms with van der Waals surface area (Å²) in [6.45, 7) is 2.11. The average Bonchev–Trinajstić information content (AvgIpc) is 2.82. The molecule has 1 aromatic carbocycles. The summed E-state index contributed by atoms with van der Waals surface area (Å²) in [7, 11) is 0. The first-order chi connectivity index (χ1) is 10.1. The summed E-state index contributed by atoms with van der Waals surface area (Å²) in [5, 5.41) is 2.81. The van der Waals surface area contributed by atoms with Gasteiger partial charge in [0.2, 0.25) is 0 Å². The minimum atomic E-state index is -0.296. The summed E-state index contributed by atoms with van der Waals surface area (Å²) in [6.07, 6.45) is 4.90. The molecule has 3 aromatic rings. The minimum Gasteiger partial charge on any atom is -0.347 e. The smallest absolute Gasteiger partial charge is 0.270 e. The van der Waals surface area contributed by atoms with E-state index >= 15 is 0 Å². The molecular weight excluding hydrogens is 271 g/mol. The molecule has 2 aromatic heterocycles. The molecule has 106 valence electrons. The summed E-state index contributed by atoms with van der Waals surface area (Å²) in [5.41, 5.74) is 2.58. The molecule has 0 fully saturated rings. The van der Waals surface area contributed by atoms with Crippen LogP contribution in [-0.4, -0.2) is 20.3 Å². The molecular formula is C15H13FN4O. The number of rotatable bonds is 3. The summed E-state index contributed by atoms with van der Waals surface area (Å²) < 4.78 is 14.5. The number of hydrogen-bond acceptors (Lipinski definition) is 3. The second-order valence-electron chi connectivity index (χ2n) is 4.66.